The first-order valence-electron chi connectivity index (χ1n) is 5.71. The van der Waals surface area contributed by atoms with E-state index in [1.54, 1.807) is 6.92 Å². The fraction of sp³-hybridized carbons (Fsp3) is 0.143. The van der Waals surface area contributed by atoms with Gasteiger partial charge in [-0.25, -0.2) is 4.98 Å². The van der Waals surface area contributed by atoms with Gasteiger partial charge in [0.2, 0.25) is 0 Å². The molecule has 0 bridgehead atoms. The number of hydrogen-bond donors (Lipinski definition) is 1. The van der Waals surface area contributed by atoms with Crippen LogP contribution >= 0.6 is 0 Å². The Morgan fingerprint density at radius 1 is 1.20 bits per heavy atom. The number of alkyl halides is 3. The minimum Gasteiger partial charge on any atom is -0.340 e. The van der Waals surface area contributed by atoms with E-state index < -0.39 is 11.7 Å². The van der Waals surface area contributed by atoms with Crippen molar-refractivity contribution in [3.05, 3.63) is 53.2 Å². The summed E-state index contributed by atoms with van der Waals surface area (Å²) in [5.74, 6) is 0.325. The molecular weight excluding hydrogens is 267 g/mol. The average Bonchev–Trinajstić information content (AvgIpc) is 2.40. The Kier molecular flexibility index (Phi) is 3.61. The normalized spacial score (nSPS) is 10.9. The van der Waals surface area contributed by atoms with E-state index in [2.05, 4.69) is 10.3 Å². The highest BCUT2D eigenvalue weighted by Gasteiger charge is 2.30. The molecule has 1 aromatic heterocycles. The van der Waals surface area contributed by atoms with Gasteiger partial charge in [0.1, 0.15) is 5.82 Å². The number of halogens is 3. The molecule has 1 heterocycles. The van der Waals surface area contributed by atoms with Gasteiger partial charge < -0.3 is 5.32 Å². The van der Waals surface area contributed by atoms with Gasteiger partial charge in [-0.2, -0.15) is 18.4 Å². The topological polar surface area (TPSA) is 48.7 Å². The molecule has 0 aliphatic rings. The Hall–Kier alpha value is -2.55. The van der Waals surface area contributed by atoms with Crippen molar-refractivity contribution in [2.75, 3.05) is 5.32 Å². The summed E-state index contributed by atoms with van der Waals surface area (Å²) in [6.45, 7) is 1.69. The van der Waals surface area contributed by atoms with Crippen LogP contribution in [-0.4, -0.2) is 4.98 Å². The molecule has 0 fully saturated rings. The third-order valence-corrected chi connectivity index (χ3v) is 2.72. The molecule has 0 unspecified atom stereocenters. The van der Waals surface area contributed by atoms with Crippen LogP contribution in [0.5, 0.6) is 0 Å². The van der Waals surface area contributed by atoms with Crippen molar-refractivity contribution in [2.45, 2.75) is 13.1 Å². The van der Waals surface area contributed by atoms with Crippen LogP contribution in [0.2, 0.25) is 0 Å². The van der Waals surface area contributed by atoms with Crippen LogP contribution in [0.25, 0.3) is 0 Å². The van der Waals surface area contributed by atoms with Crippen molar-refractivity contribution in [3.63, 3.8) is 0 Å². The van der Waals surface area contributed by atoms with Crippen LogP contribution in [0.15, 0.2) is 36.5 Å². The minimum absolute atomic E-state index is 0.308. The van der Waals surface area contributed by atoms with Crippen LogP contribution in [-0.2, 0) is 6.18 Å². The van der Waals surface area contributed by atoms with Crippen LogP contribution < -0.4 is 5.32 Å². The van der Waals surface area contributed by atoms with Crippen molar-refractivity contribution in [3.8, 4) is 6.07 Å². The number of hydrogen-bond acceptors (Lipinski definition) is 3. The predicted molar refractivity (Wildman–Crippen MR) is 68.4 cm³/mol. The predicted octanol–water partition coefficient (Wildman–Crippen LogP) is 4.02. The molecule has 0 aliphatic heterocycles. The molecule has 0 saturated heterocycles. The molecule has 1 aromatic carbocycles. The largest absolute Gasteiger partial charge is 0.416 e. The Bertz CT molecular complexity index is 672. The summed E-state index contributed by atoms with van der Waals surface area (Å²) in [6, 6.07) is 8.37. The fourth-order valence-electron chi connectivity index (χ4n) is 1.64. The third-order valence-electron chi connectivity index (χ3n) is 2.72. The van der Waals surface area contributed by atoms with Crippen LogP contribution in [0.1, 0.15) is 16.7 Å². The zero-order valence-electron chi connectivity index (χ0n) is 10.5. The second-order valence-corrected chi connectivity index (χ2v) is 4.19. The molecule has 102 valence electrons. The maximum atomic E-state index is 12.7. The summed E-state index contributed by atoms with van der Waals surface area (Å²) >= 11 is 0. The summed E-state index contributed by atoms with van der Waals surface area (Å²) in [5.41, 5.74) is 0.610. The highest BCUT2D eigenvalue weighted by atomic mass is 19.4. The van der Waals surface area contributed by atoms with E-state index in [9.17, 15) is 13.2 Å². The molecule has 2 rings (SSSR count). The molecule has 1 N–H and O–H groups in total. The van der Waals surface area contributed by atoms with E-state index in [4.69, 9.17) is 5.26 Å². The van der Waals surface area contributed by atoms with E-state index in [0.29, 0.717) is 22.6 Å². The second-order valence-electron chi connectivity index (χ2n) is 4.19. The van der Waals surface area contributed by atoms with E-state index in [0.717, 1.165) is 12.1 Å². The molecule has 20 heavy (non-hydrogen) atoms. The molecule has 0 aliphatic carbocycles. The van der Waals surface area contributed by atoms with Crippen molar-refractivity contribution in [2.24, 2.45) is 0 Å². The number of nitrogens with zero attached hydrogens (tertiary/aromatic N) is 2. The van der Waals surface area contributed by atoms with Crippen molar-refractivity contribution in [1.82, 2.24) is 4.98 Å². The van der Waals surface area contributed by atoms with Gasteiger partial charge >= 0.3 is 6.18 Å². The van der Waals surface area contributed by atoms with Gasteiger partial charge in [0.05, 0.1) is 17.2 Å². The molecule has 3 nitrogen and oxygen atoms in total. The van der Waals surface area contributed by atoms with Gasteiger partial charge in [0, 0.05) is 11.9 Å². The minimum atomic E-state index is -4.40. The summed E-state index contributed by atoms with van der Waals surface area (Å²) in [4.78, 5) is 3.97. The zero-order chi connectivity index (χ0) is 14.8. The van der Waals surface area contributed by atoms with Crippen molar-refractivity contribution in [1.29, 1.82) is 5.26 Å². The SMILES string of the molecule is Cc1ccc(C(F)(F)F)cc1Nc1cc(C#N)ccn1. The smallest absolute Gasteiger partial charge is 0.340 e. The van der Waals surface area contributed by atoms with Crippen LogP contribution in [0.3, 0.4) is 0 Å². The number of nitrogens with one attached hydrogen (secondary N) is 1. The molecule has 0 spiro atoms. The highest BCUT2D eigenvalue weighted by molar-refractivity contribution is 5.62. The Morgan fingerprint density at radius 3 is 2.60 bits per heavy atom. The Labute approximate surface area is 113 Å². The third kappa shape index (κ3) is 3.06. The summed E-state index contributed by atoms with van der Waals surface area (Å²) in [7, 11) is 0. The molecule has 0 radical (unpaired) electrons. The van der Waals surface area contributed by atoms with Gasteiger partial charge in [-0.15, -0.1) is 0 Å². The number of nitriles is 1. The number of anilines is 2. The lowest BCUT2D eigenvalue weighted by Crippen LogP contribution is -2.06. The number of rotatable bonds is 2. The lowest BCUT2D eigenvalue weighted by atomic mass is 10.1. The highest BCUT2D eigenvalue weighted by Crippen LogP contribution is 2.32. The molecular formula is C14H10F3N3. The molecule has 0 saturated carbocycles. The second kappa shape index (κ2) is 5.21. The number of pyridine rings is 1. The van der Waals surface area contributed by atoms with E-state index in [1.807, 2.05) is 6.07 Å². The Balaban J connectivity index is 2.35. The van der Waals surface area contributed by atoms with Crippen molar-refractivity contribution >= 4 is 11.5 Å². The fourth-order valence-corrected chi connectivity index (χ4v) is 1.64. The van der Waals surface area contributed by atoms with Gasteiger partial charge in [-0.05, 0) is 36.8 Å². The zero-order valence-corrected chi connectivity index (χ0v) is 10.5. The van der Waals surface area contributed by atoms with Crippen molar-refractivity contribution < 1.29 is 13.2 Å². The van der Waals surface area contributed by atoms with Gasteiger partial charge in [-0.3, -0.25) is 0 Å². The van der Waals surface area contributed by atoms with Gasteiger partial charge in [0.25, 0.3) is 0 Å². The molecule has 6 heteroatoms. The lowest BCUT2D eigenvalue weighted by molar-refractivity contribution is -0.137. The maximum absolute atomic E-state index is 12.7. The van der Waals surface area contributed by atoms with Gasteiger partial charge in [0.15, 0.2) is 0 Å². The first-order chi connectivity index (χ1) is 9.40. The molecule has 2 aromatic rings. The summed E-state index contributed by atoms with van der Waals surface area (Å²) < 4.78 is 38.0. The first-order valence-corrected chi connectivity index (χ1v) is 5.71. The van der Waals surface area contributed by atoms with Crippen LogP contribution in [0, 0.1) is 18.3 Å². The standard InChI is InChI=1S/C14H10F3N3/c1-9-2-3-11(14(15,16)17)7-12(9)20-13-6-10(8-18)4-5-19-13/h2-7H,1H3,(H,19,20). The average molecular weight is 277 g/mol. The number of benzene rings is 1. The number of aryl methyl sites for hydroxylation is 1. The lowest BCUT2D eigenvalue weighted by Gasteiger charge is -2.13. The molecule has 0 atom stereocenters. The Morgan fingerprint density at radius 2 is 1.95 bits per heavy atom. The number of aromatic nitrogens is 1. The summed E-state index contributed by atoms with van der Waals surface area (Å²) in [6.07, 6.45) is -2.98. The quantitative estimate of drug-likeness (QED) is 0.901. The van der Waals surface area contributed by atoms with Gasteiger partial charge in [-0.1, -0.05) is 6.07 Å². The van der Waals surface area contributed by atoms with E-state index >= 15 is 0 Å². The first kappa shape index (κ1) is 13.9. The van der Waals surface area contributed by atoms with Crippen LogP contribution in [0.4, 0.5) is 24.7 Å². The van der Waals surface area contributed by atoms with E-state index in [-0.39, 0.29) is 0 Å². The molecule has 0 amide bonds. The summed E-state index contributed by atoms with van der Waals surface area (Å²) in [5, 5.41) is 11.6. The maximum Gasteiger partial charge on any atom is 0.416 e. The monoisotopic (exact) mass is 277 g/mol. The van der Waals surface area contributed by atoms with E-state index in [1.165, 1.54) is 24.4 Å².